The zero-order chi connectivity index (χ0) is 11.7. The van der Waals surface area contributed by atoms with Gasteiger partial charge in [-0.2, -0.15) is 10.4 Å². The molecule has 0 aliphatic rings. The quantitative estimate of drug-likeness (QED) is 0.803. The van der Waals surface area contributed by atoms with Gasteiger partial charge >= 0.3 is 0 Å². The fourth-order valence-corrected chi connectivity index (χ4v) is 2.01. The summed E-state index contributed by atoms with van der Waals surface area (Å²) in [5, 5.41) is 13.0. The Morgan fingerprint density at radius 2 is 1.88 bits per heavy atom. The molecule has 80 valence electrons. The average molecular weight is 276 g/mol. The summed E-state index contributed by atoms with van der Waals surface area (Å²) in [4.78, 5) is 0. The molecular weight excluding hydrogens is 266 g/mol. The molecule has 0 N–H and O–H groups in total. The number of benzene rings is 1. The second-order valence-corrected chi connectivity index (χ2v) is 4.58. The van der Waals surface area contributed by atoms with Crippen LogP contribution in [0.25, 0.3) is 5.69 Å². The highest BCUT2D eigenvalue weighted by atomic mass is 79.9. The molecule has 0 unspecified atom stereocenters. The predicted molar refractivity (Wildman–Crippen MR) is 65.5 cm³/mol. The Balaban J connectivity index is 2.55. The van der Waals surface area contributed by atoms with Gasteiger partial charge in [-0.15, -0.1) is 0 Å². The molecule has 2 aromatic rings. The third-order valence-electron chi connectivity index (χ3n) is 2.25. The van der Waals surface area contributed by atoms with Crippen molar-refractivity contribution in [1.82, 2.24) is 9.78 Å². The summed E-state index contributed by atoms with van der Waals surface area (Å²) in [6, 6.07) is 8.21. The lowest BCUT2D eigenvalue weighted by molar-refractivity contribution is 0.870. The van der Waals surface area contributed by atoms with Crippen molar-refractivity contribution in [3.63, 3.8) is 0 Å². The lowest BCUT2D eigenvalue weighted by Gasteiger charge is -2.04. The minimum Gasteiger partial charge on any atom is -0.238 e. The van der Waals surface area contributed by atoms with Gasteiger partial charge in [-0.05, 0) is 53.0 Å². The molecule has 1 aromatic heterocycles. The van der Waals surface area contributed by atoms with Gasteiger partial charge in [0.15, 0.2) is 5.69 Å². The largest absolute Gasteiger partial charge is 0.238 e. The first-order valence-electron chi connectivity index (χ1n) is 4.84. The van der Waals surface area contributed by atoms with Crippen LogP contribution in [0.15, 0.2) is 28.9 Å². The third kappa shape index (κ3) is 2.00. The van der Waals surface area contributed by atoms with E-state index in [-0.39, 0.29) is 0 Å². The fourth-order valence-electron chi connectivity index (χ4n) is 1.64. The number of halogens is 1. The summed E-state index contributed by atoms with van der Waals surface area (Å²) in [5.74, 6) is 0. The molecule has 0 saturated heterocycles. The van der Waals surface area contributed by atoms with Crippen LogP contribution < -0.4 is 0 Å². The maximum absolute atomic E-state index is 8.83. The van der Waals surface area contributed by atoms with Crippen molar-refractivity contribution in [1.29, 1.82) is 5.26 Å². The van der Waals surface area contributed by atoms with Gasteiger partial charge in [0, 0.05) is 6.20 Å². The molecule has 0 bridgehead atoms. The van der Waals surface area contributed by atoms with E-state index in [4.69, 9.17) is 5.26 Å². The molecule has 4 heteroatoms. The SMILES string of the molecule is Cc1cc(C)cc(-n2cc(Br)c(C#N)n2)c1. The smallest absolute Gasteiger partial charge is 0.177 e. The Bertz CT molecular complexity index is 558. The number of hydrogen-bond acceptors (Lipinski definition) is 2. The summed E-state index contributed by atoms with van der Waals surface area (Å²) < 4.78 is 2.43. The second kappa shape index (κ2) is 4.11. The van der Waals surface area contributed by atoms with E-state index in [1.165, 1.54) is 11.1 Å². The molecule has 0 amide bonds. The fraction of sp³-hybridized carbons (Fsp3) is 0.167. The predicted octanol–water partition coefficient (Wildman–Crippen LogP) is 3.12. The molecule has 0 atom stereocenters. The summed E-state index contributed by atoms with van der Waals surface area (Å²) in [7, 11) is 0. The van der Waals surface area contributed by atoms with E-state index >= 15 is 0 Å². The van der Waals surface area contributed by atoms with Gasteiger partial charge in [0.05, 0.1) is 10.2 Å². The zero-order valence-corrected chi connectivity index (χ0v) is 10.6. The maximum atomic E-state index is 8.83. The van der Waals surface area contributed by atoms with Gasteiger partial charge < -0.3 is 0 Å². The molecule has 0 aliphatic heterocycles. The molecule has 0 aliphatic carbocycles. The lowest BCUT2D eigenvalue weighted by Crippen LogP contribution is -1.96. The highest BCUT2D eigenvalue weighted by molar-refractivity contribution is 9.10. The van der Waals surface area contributed by atoms with Crippen LogP contribution in [0.3, 0.4) is 0 Å². The van der Waals surface area contributed by atoms with Crippen molar-refractivity contribution < 1.29 is 0 Å². The molecule has 0 saturated carbocycles. The first-order chi connectivity index (χ1) is 7.60. The Labute approximate surface area is 102 Å². The molecule has 1 aromatic carbocycles. The first-order valence-corrected chi connectivity index (χ1v) is 5.63. The van der Waals surface area contributed by atoms with Crippen molar-refractivity contribution in [3.05, 3.63) is 45.7 Å². The van der Waals surface area contributed by atoms with Crippen molar-refractivity contribution in [2.75, 3.05) is 0 Å². The highest BCUT2D eigenvalue weighted by Gasteiger charge is 2.07. The van der Waals surface area contributed by atoms with E-state index in [0.717, 1.165) is 5.69 Å². The van der Waals surface area contributed by atoms with Crippen LogP contribution in [0.2, 0.25) is 0 Å². The number of rotatable bonds is 1. The van der Waals surface area contributed by atoms with Crippen molar-refractivity contribution in [3.8, 4) is 11.8 Å². The zero-order valence-electron chi connectivity index (χ0n) is 9.03. The van der Waals surface area contributed by atoms with E-state index in [9.17, 15) is 0 Å². The number of nitrogens with zero attached hydrogens (tertiary/aromatic N) is 3. The van der Waals surface area contributed by atoms with Gasteiger partial charge in [0.25, 0.3) is 0 Å². The topological polar surface area (TPSA) is 41.6 Å². The molecule has 2 rings (SSSR count). The number of aryl methyl sites for hydroxylation is 2. The van der Waals surface area contributed by atoms with Crippen LogP contribution in [0.5, 0.6) is 0 Å². The van der Waals surface area contributed by atoms with Gasteiger partial charge in [0.1, 0.15) is 6.07 Å². The van der Waals surface area contributed by atoms with E-state index in [2.05, 4.69) is 27.1 Å². The molecule has 0 spiro atoms. The molecule has 0 radical (unpaired) electrons. The van der Waals surface area contributed by atoms with Gasteiger partial charge in [-0.1, -0.05) is 6.07 Å². The Morgan fingerprint density at radius 3 is 2.38 bits per heavy atom. The van der Waals surface area contributed by atoms with E-state index in [1.54, 1.807) is 10.9 Å². The molecule has 0 fully saturated rings. The van der Waals surface area contributed by atoms with Gasteiger partial charge in [-0.3, -0.25) is 0 Å². The molecular formula is C12H10BrN3. The van der Waals surface area contributed by atoms with Crippen LogP contribution in [0.4, 0.5) is 0 Å². The number of nitriles is 1. The van der Waals surface area contributed by atoms with Crippen molar-refractivity contribution >= 4 is 15.9 Å². The van der Waals surface area contributed by atoms with Crippen molar-refractivity contribution in [2.45, 2.75) is 13.8 Å². The maximum Gasteiger partial charge on any atom is 0.177 e. The first kappa shape index (κ1) is 10.9. The van der Waals surface area contributed by atoms with Crippen LogP contribution in [-0.2, 0) is 0 Å². The number of hydrogen-bond donors (Lipinski definition) is 0. The summed E-state index contributed by atoms with van der Waals surface area (Å²) in [6.45, 7) is 4.08. The lowest BCUT2D eigenvalue weighted by atomic mass is 10.1. The van der Waals surface area contributed by atoms with Crippen LogP contribution in [0, 0.1) is 25.2 Å². The van der Waals surface area contributed by atoms with Crippen LogP contribution in [0.1, 0.15) is 16.8 Å². The van der Waals surface area contributed by atoms with Crippen molar-refractivity contribution in [2.24, 2.45) is 0 Å². The summed E-state index contributed by atoms with van der Waals surface area (Å²) in [6.07, 6.45) is 1.80. The van der Waals surface area contributed by atoms with E-state index in [1.807, 2.05) is 32.0 Å². The van der Waals surface area contributed by atoms with E-state index in [0.29, 0.717) is 10.2 Å². The van der Waals surface area contributed by atoms with Crippen LogP contribution >= 0.6 is 15.9 Å². The standard InChI is InChI=1S/C12H10BrN3/c1-8-3-9(2)5-10(4-8)16-7-11(13)12(6-14)15-16/h3-5,7H,1-2H3. The number of aromatic nitrogens is 2. The summed E-state index contributed by atoms with van der Waals surface area (Å²) in [5.41, 5.74) is 3.74. The Kier molecular flexibility index (Phi) is 2.80. The molecule has 16 heavy (non-hydrogen) atoms. The van der Waals surface area contributed by atoms with Gasteiger partial charge in [0.2, 0.25) is 0 Å². The average Bonchev–Trinajstić information content (AvgIpc) is 2.58. The Morgan fingerprint density at radius 1 is 1.25 bits per heavy atom. The highest BCUT2D eigenvalue weighted by Crippen LogP contribution is 2.18. The van der Waals surface area contributed by atoms with Crippen LogP contribution in [-0.4, -0.2) is 9.78 Å². The second-order valence-electron chi connectivity index (χ2n) is 3.73. The normalized spacial score (nSPS) is 10.1. The van der Waals surface area contributed by atoms with E-state index < -0.39 is 0 Å². The third-order valence-corrected chi connectivity index (χ3v) is 2.83. The summed E-state index contributed by atoms with van der Waals surface area (Å²) >= 11 is 3.31. The van der Waals surface area contributed by atoms with Gasteiger partial charge in [-0.25, -0.2) is 4.68 Å². The molecule has 1 heterocycles. The molecule has 3 nitrogen and oxygen atoms in total. The minimum absolute atomic E-state index is 0.402. The monoisotopic (exact) mass is 275 g/mol. The Hall–Kier alpha value is -1.60. The minimum atomic E-state index is 0.402.